The summed E-state index contributed by atoms with van der Waals surface area (Å²) < 4.78 is 4.81. The van der Waals surface area contributed by atoms with Crippen molar-refractivity contribution in [1.82, 2.24) is 5.32 Å². The summed E-state index contributed by atoms with van der Waals surface area (Å²) >= 11 is 0. The number of aliphatic imine (C=N–C) groups is 1. The van der Waals surface area contributed by atoms with Gasteiger partial charge >= 0.3 is 5.97 Å². The lowest BCUT2D eigenvalue weighted by atomic mass is 10.3. The number of esters is 1. The van der Waals surface area contributed by atoms with E-state index in [1.54, 1.807) is 13.1 Å². The Morgan fingerprint density at radius 3 is 2.88 bits per heavy atom. The molecule has 0 saturated heterocycles. The molecule has 0 aliphatic heterocycles. The highest BCUT2D eigenvalue weighted by molar-refractivity contribution is 6.09. The molecule has 0 saturated carbocycles. The number of unbranched alkanes of at least 4 members (excludes halogenated alkanes) is 1. The van der Waals surface area contributed by atoms with Gasteiger partial charge in [0.15, 0.2) is 6.19 Å². The third kappa shape index (κ3) is 6.60. The summed E-state index contributed by atoms with van der Waals surface area (Å²) in [4.78, 5) is 15.5. The summed E-state index contributed by atoms with van der Waals surface area (Å²) in [5.74, 6) is -0.481. The Bertz CT molecular complexity index is 303. The molecule has 0 aliphatic rings. The molecule has 16 heavy (non-hydrogen) atoms. The van der Waals surface area contributed by atoms with Crippen molar-refractivity contribution in [2.75, 3.05) is 13.2 Å². The Kier molecular flexibility index (Phi) is 8.60. The molecular formula is C11H17N3O2. The number of rotatable bonds is 7. The van der Waals surface area contributed by atoms with Crippen LogP contribution in [0.1, 0.15) is 26.7 Å². The number of hydrogen-bond donors (Lipinski definition) is 1. The van der Waals surface area contributed by atoms with Gasteiger partial charge in [0.1, 0.15) is 0 Å². The third-order valence-corrected chi connectivity index (χ3v) is 1.67. The van der Waals surface area contributed by atoms with Crippen molar-refractivity contribution >= 4 is 12.2 Å². The zero-order chi connectivity index (χ0) is 12.2. The van der Waals surface area contributed by atoms with Crippen molar-refractivity contribution < 1.29 is 9.53 Å². The van der Waals surface area contributed by atoms with Crippen LogP contribution in [0.25, 0.3) is 0 Å². The number of nitrogens with zero attached hydrogens (tertiary/aromatic N) is 2. The lowest BCUT2D eigenvalue weighted by Crippen LogP contribution is -2.11. The van der Waals surface area contributed by atoms with Crippen LogP contribution in [0.15, 0.2) is 16.8 Å². The second-order valence-electron chi connectivity index (χ2n) is 2.97. The van der Waals surface area contributed by atoms with E-state index >= 15 is 0 Å². The maximum atomic E-state index is 11.4. The monoisotopic (exact) mass is 223 g/mol. The molecule has 88 valence electrons. The van der Waals surface area contributed by atoms with Crippen LogP contribution in [-0.4, -0.2) is 25.3 Å². The summed E-state index contributed by atoms with van der Waals surface area (Å²) in [6, 6.07) is 0. The van der Waals surface area contributed by atoms with Crippen LogP contribution >= 0.6 is 0 Å². The van der Waals surface area contributed by atoms with Crippen molar-refractivity contribution in [2.24, 2.45) is 4.99 Å². The minimum absolute atomic E-state index is 0.250. The fourth-order valence-corrected chi connectivity index (χ4v) is 0.886. The van der Waals surface area contributed by atoms with Gasteiger partial charge in [-0.05, 0) is 13.3 Å². The molecular weight excluding hydrogens is 206 g/mol. The Morgan fingerprint density at radius 2 is 2.31 bits per heavy atom. The van der Waals surface area contributed by atoms with Crippen LogP contribution in [0, 0.1) is 11.5 Å². The second-order valence-corrected chi connectivity index (χ2v) is 2.97. The molecule has 0 aromatic heterocycles. The quantitative estimate of drug-likeness (QED) is 0.177. The predicted molar refractivity (Wildman–Crippen MR) is 61.7 cm³/mol. The van der Waals surface area contributed by atoms with E-state index in [2.05, 4.69) is 17.2 Å². The molecule has 5 nitrogen and oxygen atoms in total. The first-order valence-corrected chi connectivity index (χ1v) is 5.28. The Labute approximate surface area is 95.8 Å². The standard InChI is InChI=1S/C11H17N3O2/c1-3-5-6-13-7-10(8-14-9-12)11(15)16-4-2/h7-8,14H,3-6H2,1-2H3/b10-8-,13-7?. The molecule has 0 spiro atoms. The number of nitrogens with one attached hydrogen (secondary N) is 1. The minimum Gasteiger partial charge on any atom is -0.462 e. The van der Waals surface area contributed by atoms with E-state index in [1.807, 2.05) is 0 Å². The van der Waals surface area contributed by atoms with Crippen molar-refractivity contribution in [2.45, 2.75) is 26.7 Å². The van der Waals surface area contributed by atoms with Crippen molar-refractivity contribution in [3.05, 3.63) is 11.8 Å². The predicted octanol–water partition coefficient (Wildman–Crippen LogP) is 1.37. The van der Waals surface area contributed by atoms with Crippen LogP contribution in [-0.2, 0) is 9.53 Å². The van der Waals surface area contributed by atoms with Crippen molar-refractivity contribution in [3.8, 4) is 6.19 Å². The van der Waals surface area contributed by atoms with E-state index in [1.165, 1.54) is 12.4 Å². The van der Waals surface area contributed by atoms with E-state index in [9.17, 15) is 4.79 Å². The summed E-state index contributed by atoms with van der Waals surface area (Å²) in [6.45, 7) is 4.75. The molecule has 0 rings (SSSR count). The Balaban J connectivity index is 4.38. The van der Waals surface area contributed by atoms with Crippen LogP contribution in [0.4, 0.5) is 0 Å². The van der Waals surface area contributed by atoms with Gasteiger partial charge in [0.25, 0.3) is 0 Å². The number of nitriles is 1. The molecule has 0 aromatic rings. The van der Waals surface area contributed by atoms with Crippen LogP contribution in [0.5, 0.6) is 0 Å². The van der Waals surface area contributed by atoms with Gasteiger partial charge in [-0.25, -0.2) is 4.79 Å². The minimum atomic E-state index is -0.481. The van der Waals surface area contributed by atoms with E-state index in [0.717, 1.165) is 12.8 Å². The third-order valence-electron chi connectivity index (χ3n) is 1.67. The highest BCUT2D eigenvalue weighted by Crippen LogP contribution is 1.95. The fourth-order valence-electron chi connectivity index (χ4n) is 0.886. The zero-order valence-electron chi connectivity index (χ0n) is 9.69. The molecule has 0 aromatic carbocycles. The summed E-state index contributed by atoms with van der Waals surface area (Å²) in [5.41, 5.74) is 0.250. The average Bonchev–Trinajstić information content (AvgIpc) is 2.28. The highest BCUT2D eigenvalue weighted by atomic mass is 16.5. The molecule has 0 atom stereocenters. The first-order chi connectivity index (χ1) is 7.76. The summed E-state index contributed by atoms with van der Waals surface area (Å²) in [6.07, 6.45) is 6.43. The van der Waals surface area contributed by atoms with Crippen LogP contribution in [0.2, 0.25) is 0 Å². The molecule has 0 unspecified atom stereocenters. The zero-order valence-corrected chi connectivity index (χ0v) is 9.69. The Morgan fingerprint density at radius 1 is 1.56 bits per heavy atom. The Hall–Kier alpha value is -1.83. The summed E-state index contributed by atoms with van der Waals surface area (Å²) in [7, 11) is 0. The molecule has 0 aliphatic carbocycles. The topological polar surface area (TPSA) is 74.5 Å². The highest BCUT2D eigenvalue weighted by Gasteiger charge is 2.07. The van der Waals surface area contributed by atoms with Crippen LogP contribution < -0.4 is 5.32 Å². The van der Waals surface area contributed by atoms with Gasteiger partial charge in [-0.3, -0.25) is 10.3 Å². The molecule has 0 radical (unpaired) electrons. The van der Waals surface area contributed by atoms with E-state index in [4.69, 9.17) is 10.00 Å². The summed E-state index contributed by atoms with van der Waals surface area (Å²) in [5, 5.41) is 10.6. The SMILES string of the molecule is CCCCN=C/C(=C/NC#N)C(=O)OCC. The second kappa shape index (κ2) is 9.71. The molecule has 0 fully saturated rings. The molecule has 0 heterocycles. The van der Waals surface area contributed by atoms with E-state index < -0.39 is 5.97 Å². The number of carbonyl (C=O) groups is 1. The van der Waals surface area contributed by atoms with Gasteiger partial charge in [-0.2, -0.15) is 5.26 Å². The normalized spacial score (nSPS) is 11.2. The average molecular weight is 223 g/mol. The first kappa shape index (κ1) is 14.2. The number of hydrogen-bond acceptors (Lipinski definition) is 5. The van der Waals surface area contributed by atoms with Gasteiger partial charge in [0.05, 0.1) is 12.2 Å². The fraction of sp³-hybridized carbons (Fsp3) is 0.545. The molecule has 0 bridgehead atoms. The largest absolute Gasteiger partial charge is 0.462 e. The van der Waals surface area contributed by atoms with E-state index in [-0.39, 0.29) is 5.57 Å². The van der Waals surface area contributed by atoms with Crippen LogP contribution in [0.3, 0.4) is 0 Å². The lowest BCUT2D eigenvalue weighted by Gasteiger charge is -2.01. The maximum absolute atomic E-state index is 11.4. The first-order valence-electron chi connectivity index (χ1n) is 5.28. The molecule has 1 N–H and O–H groups in total. The van der Waals surface area contributed by atoms with Gasteiger partial charge in [0, 0.05) is 19.0 Å². The van der Waals surface area contributed by atoms with Gasteiger partial charge in [-0.1, -0.05) is 13.3 Å². The van der Waals surface area contributed by atoms with E-state index in [0.29, 0.717) is 13.2 Å². The molecule has 0 amide bonds. The smallest absolute Gasteiger partial charge is 0.341 e. The number of ether oxygens (including phenoxy) is 1. The van der Waals surface area contributed by atoms with Crippen molar-refractivity contribution in [1.29, 1.82) is 5.26 Å². The maximum Gasteiger partial charge on any atom is 0.341 e. The van der Waals surface area contributed by atoms with Gasteiger partial charge < -0.3 is 4.74 Å². The van der Waals surface area contributed by atoms with Crippen molar-refractivity contribution in [3.63, 3.8) is 0 Å². The lowest BCUT2D eigenvalue weighted by molar-refractivity contribution is -0.137. The van der Waals surface area contributed by atoms with Gasteiger partial charge in [-0.15, -0.1) is 0 Å². The molecule has 5 heteroatoms. The van der Waals surface area contributed by atoms with Gasteiger partial charge in [0.2, 0.25) is 0 Å². The number of carbonyl (C=O) groups excluding carboxylic acids is 1.